The summed E-state index contributed by atoms with van der Waals surface area (Å²) in [5, 5.41) is 17.7. The zero-order valence-corrected chi connectivity index (χ0v) is 28.0. The van der Waals surface area contributed by atoms with E-state index in [4.69, 9.17) is 19.8 Å². The van der Waals surface area contributed by atoms with Crippen LogP contribution in [-0.4, -0.2) is 22.5 Å². The molecule has 8 aromatic carbocycles. The minimum Gasteiger partial charge on any atom is -0.455 e. The van der Waals surface area contributed by atoms with E-state index in [2.05, 4.69) is 102 Å². The molecule has 0 aliphatic carbocycles. The standard InChI is InChI=1S/C47H30N4O/c48-46(30-15-3-1-4-16-30)50-47(31-17-5-2-6-18-31)49-29-39-43-37-24-12-14-26-42(37)52-45(43)36-23-10-9-22-35(36)44(39)51-40-25-13-11-21-34(40)38-27-32-19-7-8-20-33(32)28-41(38)51/h1-29,48H. The van der Waals surface area contributed by atoms with Crippen molar-refractivity contribution in [1.29, 1.82) is 5.41 Å². The van der Waals surface area contributed by atoms with Gasteiger partial charge in [-0.05, 0) is 35.0 Å². The van der Waals surface area contributed by atoms with Crippen molar-refractivity contribution in [3.8, 4) is 5.69 Å². The minimum atomic E-state index is 0.142. The van der Waals surface area contributed by atoms with Gasteiger partial charge in [-0.1, -0.05) is 146 Å². The van der Waals surface area contributed by atoms with Crippen LogP contribution in [0.15, 0.2) is 184 Å². The fraction of sp³-hybridized carbons (Fsp3) is 0. The molecule has 0 aliphatic rings. The average molecular weight is 667 g/mol. The molecule has 0 amide bonds. The Morgan fingerprint density at radius 1 is 0.538 bits per heavy atom. The molecule has 2 heterocycles. The van der Waals surface area contributed by atoms with Gasteiger partial charge in [0.25, 0.3) is 0 Å². The molecule has 0 saturated heterocycles. The first kappa shape index (κ1) is 29.8. The topological polar surface area (TPSA) is 66.6 Å². The molecule has 0 atom stereocenters. The molecule has 52 heavy (non-hydrogen) atoms. The van der Waals surface area contributed by atoms with Gasteiger partial charge in [0, 0.05) is 55.2 Å². The Hall–Kier alpha value is -7.11. The Bertz CT molecular complexity index is 3080. The molecular weight excluding hydrogens is 637 g/mol. The second kappa shape index (κ2) is 12.0. The normalized spacial score (nSPS) is 12.3. The number of nitrogens with one attached hydrogen (secondary N) is 1. The van der Waals surface area contributed by atoms with Crippen LogP contribution >= 0.6 is 0 Å². The highest BCUT2D eigenvalue weighted by molar-refractivity contribution is 6.27. The molecule has 0 saturated carbocycles. The second-order valence-electron chi connectivity index (χ2n) is 13.0. The molecular formula is C47H30N4O. The largest absolute Gasteiger partial charge is 0.455 e. The third-order valence-electron chi connectivity index (χ3n) is 9.92. The number of fused-ring (bicyclic) bond motifs is 9. The number of aromatic nitrogens is 1. The van der Waals surface area contributed by atoms with Crippen molar-refractivity contribution >= 4 is 83.2 Å². The zero-order valence-electron chi connectivity index (χ0n) is 28.0. The highest BCUT2D eigenvalue weighted by atomic mass is 16.3. The van der Waals surface area contributed by atoms with Gasteiger partial charge in [0.2, 0.25) is 0 Å². The van der Waals surface area contributed by atoms with Gasteiger partial charge in [0.1, 0.15) is 11.2 Å². The predicted molar refractivity (Wildman–Crippen MR) is 217 cm³/mol. The molecule has 0 fully saturated rings. The number of amidine groups is 2. The smallest absolute Gasteiger partial charge is 0.161 e. The van der Waals surface area contributed by atoms with E-state index in [1.165, 1.54) is 21.5 Å². The van der Waals surface area contributed by atoms with E-state index >= 15 is 0 Å². The molecule has 244 valence electrons. The Kier molecular flexibility index (Phi) is 6.89. The molecule has 5 nitrogen and oxygen atoms in total. The lowest BCUT2D eigenvalue weighted by Gasteiger charge is -2.17. The lowest BCUT2D eigenvalue weighted by Crippen LogP contribution is -2.06. The SMILES string of the molecule is N=C(N=C(N=Cc1c(-n2c3ccccc3c3cc4ccccc4cc32)c2ccccc2c2oc3ccccc3c12)c1ccccc1)c1ccccc1. The van der Waals surface area contributed by atoms with Crippen molar-refractivity contribution in [2.24, 2.45) is 9.98 Å². The van der Waals surface area contributed by atoms with Crippen LogP contribution in [0, 0.1) is 5.41 Å². The molecule has 0 unspecified atom stereocenters. The van der Waals surface area contributed by atoms with E-state index in [-0.39, 0.29) is 5.84 Å². The molecule has 0 spiro atoms. The third kappa shape index (κ3) is 4.75. The van der Waals surface area contributed by atoms with Crippen molar-refractivity contribution in [2.75, 3.05) is 0 Å². The summed E-state index contributed by atoms with van der Waals surface area (Å²) in [7, 11) is 0. The maximum absolute atomic E-state index is 8.94. The van der Waals surface area contributed by atoms with Gasteiger partial charge >= 0.3 is 0 Å². The van der Waals surface area contributed by atoms with Gasteiger partial charge in [0.05, 0.1) is 16.7 Å². The summed E-state index contributed by atoms with van der Waals surface area (Å²) in [6.07, 6.45) is 1.93. The number of benzene rings is 8. The van der Waals surface area contributed by atoms with Crippen LogP contribution in [-0.2, 0) is 0 Å². The lowest BCUT2D eigenvalue weighted by molar-refractivity contribution is 0.672. The Morgan fingerprint density at radius 2 is 1.13 bits per heavy atom. The summed E-state index contributed by atoms with van der Waals surface area (Å²) < 4.78 is 9.09. The van der Waals surface area contributed by atoms with Crippen molar-refractivity contribution in [2.45, 2.75) is 0 Å². The van der Waals surface area contributed by atoms with E-state index < -0.39 is 0 Å². The van der Waals surface area contributed by atoms with Crippen LogP contribution in [0.4, 0.5) is 0 Å². The molecule has 2 aromatic heterocycles. The van der Waals surface area contributed by atoms with Crippen molar-refractivity contribution in [3.63, 3.8) is 0 Å². The monoisotopic (exact) mass is 666 g/mol. The molecule has 0 aliphatic heterocycles. The number of nitrogens with zero attached hydrogens (tertiary/aromatic N) is 3. The van der Waals surface area contributed by atoms with Gasteiger partial charge < -0.3 is 8.98 Å². The third-order valence-corrected chi connectivity index (χ3v) is 9.92. The van der Waals surface area contributed by atoms with Crippen LogP contribution in [0.5, 0.6) is 0 Å². The molecule has 0 radical (unpaired) electrons. The van der Waals surface area contributed by atoms with Crippen LogP contribution in [0.1, 0.15) is 16.7 Å². The highest BCUT2D eigenvalue weighted by Crippen LogP contribution is 2.43. The zero-order chi connectivity index (χ0) is 34.6. The second-order valence-corrected chi connectivity index (χ2v) is 13.0. The number of hydrogen-bond donors (Lipinski definition) is 1. The number of furan rings is 1. The summed E-state index contributed by atoms with van der Waals surface area (Å²) in [6, 6.07) is 57.9. The number of para-hydroxylation sites is 2. The fourth-order valence-electron chi connectivity index (χ4n) is 7.56. The number of hydrogen-bond acceptors (Lipinski definition) is 2. The van der Waals surface area contributed by atoms with Crippen LogP contribution < -0.4 is 0 Å². The molecule has 10 rings (SSSR count). The first-order valence-corrected chi connectivity index (χ1v) is 17.3. The highest BCUT2D eigenvalue weighted by Gasteiger charge is 2.23. The van der Waals surface area contributed by atoms with Gasteiger partial charge in [-0.15, -0.1) is 0 Å². The maximum atomic E-state index is 8.94. The van der Waals surface area contributed by atoms with E-state index in [1.807, 2.05) is 79.0 Å². The van der Waals surface area contributed by atoms with E-state index in [9.17, 15) is 0 Å². The maximum Gasteiger partial charge on any atom is 0.161 e. The average Bonchev–Trinajstić information content (AvgIpc) is 3.75. The van der Waals surface area contributed by atoms with Crippen molar-refractivity contribution < 1.29 is 4.42 Å². The predicted octanol–water partition coefficient (Wildman–Crippen LogP) is 11.9. The van der Waals surface area contributed by atoms with Gasteiger partial charge in [-0.25, -0.2) is 9.98 Å². The van der Waals surface area contributed by atoms with Gasteiger partial charge in [-0.2, -0.15) is 0 Å². The summed E-state index contributed by atoms with van der Waals surface area (Å²) in [6.45, 7) is 0. The first-order chi connectivity index (χ1) is 25.7. The summed E-state index contributed by atoms with van der Waals surface area (Å²) in [5.41, 5.74) is 7.28. The Labute approximate surface area is 298 Å². The molecule has 0 bridgehead atoms. The first-order valence-electron chi connectivity index (χ1n) is 17.3. The van der Waals surface area contributed by atoms with E-state index in [0.717, 1.165) is 66.1 Å². The molecule has 1 N–H and O–H groups in total. The van der Waals surface area contributed by atoms with Crippen LogP contribution in [0.2, 0.25) is 0 Å². The summed E-state index contributed by atoms with van der Waals surface area (Å²) >= 11 is 0. The number of aliphatic imine (C=N–C) groups is 2. The summed E-state index contributed by atoms with van der Waals surface area (Å²) in [4.78, 5) is 10.0. The minimum absolute atomic E-state index is 0.142. The van der Waals surface area contributed by atoms with E-state index in [0.29, 0.717) is 5.84 Å². The molecule has 5 heteroatoms. The lowest BCUT2D eigenvalue weighted by atomic mass is 9.97. The van der Waals surface area contributed by atoms with Crippen molar-refractivity contribution in [1.82, 2.24) is 4.57 Å². The van der Waals surface area contributed by atoms with E-state index in [1.54, 1.807) is 0 Å². The van der Waals surface area contributed by atoms with Crippen LogP contribution in [0.3, 0.4) is 0 Å². The van der Waals surface area contributed by atoms with Crippen LogP contribution in [0.25, 0.3) is 71.0 Å². The van der Waals surface area contributed by atoms with Gasteiger partial charge in [0.15, 0.2) is 11.7 Å². The number of rotatable bonds is 4. The fourth-order valence-corrected chi connectivity index (χ4v) is 7.56. The molecule has 10 aromatic rings. The van der Waals surface area contributed by atoms with Gasteiger partial charge in [-0.3, -0.25) is 5.41 Å². The van der Waals surface area contributed by atoms with Crippen molar-refractivity contribution in [3.05, 3.63) is 187 Å². The quantitative estimate of drug-likeness (QED) is 0.147. The summed E-state index contributed by atoms with van der Waals surface area (Å²) in [5.74, 6) is 0.589. The Morgan fingerprint density at radius 3 is 1.90 bits per heavy atom. The Balaban J connectivity index is 1.35.